The molecule has 0 N–H and O–H groups in total. The molecule has 186 valence electrons. The van der Waals surface area contributed by atoms with Crippen LogP contribution in [0.4, 0.5) is 23.2 Å². The van der Waals surface area contributed by atoms with Crippen LogP contribution in [-0.2, 0) is 11.3 Å². The first kappa shape index (κ1) is 25.0. The van der Waals surface area contributed by atoms with Crippen LogP contribution in [-0.4, -0.2) is 47.8 Å². The third-order valence-corrected chi connectivity index (χ3v) is 5.82. The van der Waals surface area contributed by atoms with Crippen molar-refractivity contribution in [1.82, 2.24) is 9.88 Å². The number of benzene rings is 2. The van der Waals surface area contributed by atoms with Gasteiger partial charge in [-0.05, 0) is 25.5 Å². The monoisotopic (exact) mass is 510 g/mol. The lowest BCUT2D eigenvalue weighted by atomic mass is 10.1. The third kappa shape index (κ3) is 5.59. The number of alkyl halides is 3. The smallest absolute Gasteiger partial charge is 0.425 e. The Balaban J connectivity index is 1.64. The van der Waals surface area contributed by atoms with Crippen molar-refractivity contribution in [2.75, 3.05) is 24.8 Å². The van der Waals surface area contributed by atoms with Crippen LogP contribution in [0.1, 0.15) is 19.4 Å². The Morgan fingerprint density at radius 1 is 1.14 bits per heavy atom. The molecule has 6 nitrogen and oxygen atoms in total. The standard InChI is InChI=1S/C24H23ClF4N4O2/c1-3-32-14-33(31-21(32)13-34-12-16-7-5-4-6-8-16)17-9-18-19(26)11-30-23(25)22(18)20(10-17)35-15(2)24(27,28)29/h4-11,15H,3,12-14H2,1-2H3. The Morgan fingerprint density at radius 2 is 1.89 bits per heavy atom. The van der Waals surface area contributed by atoms with Gasteiger partial charge >= 0.3 is 6.18 Å². The SMILES string of the molecule is CCN1CN(c2cc(OC(C)C(F)(F)F)c3c(Cl)ncc(F)c3c2)N=C1COCc1ccccc1. The van der Waals surface area contributed by atoms with E-state index in [4.69, 9.17) is 21.1 Å². The van der Waals surface area contributed by atoms with E-state index in [1.807, 2.05) is 42.2 Å². The number of hydrazone groups is 1. The number of likely N-dealkylation sites (N-methyl/N-ethyl adjacent to an activating group) is 1. The van der Waals surface area contributed by atoms with Crippen LogP contribution in [0.2, 0.25) is 5.15 Å². The van der Waals surface area contributed by atoms with Crippen LogP contribution in [0.25, 0.3) is 10.8 Å². The highest BCUT2D eigenvalue weighted by atomic mass is 35.5. The Hall–Kier alpha value is -3.11. The zero-order valence-corrected chi connectivity index (χ0v) is 19.8. The van der Waals surface area contributed by atoms with Gasteiger partial charge in [-0.1, -0.05) is 41.9 Å². The predicted molar refractivity (Wildman–Crippen MR) is 126 cm³/mol. The van der Waals surface area contributed by atoms with Gasteiger partial charge in [0.05, 0.1) is 23.9 Å². The molecule has 1 aliphatic heterocycles. The van der Waals surface area contributed by atoms with Crippen molar-refractivity contribution in [2.24, 2.45) is 5.10 Å². The van der Waals surface area contributed by atoms with Crippen LogP contribution >= 0.6 is 11.6 Å². The molecule has 0 amide bonds. The van der Waals surface area contributed by atoms with Crippen molar-refractivity contribution in [2.45, 2.75) is 32.7 Å². The van der Waals surface area contributed by atoms with E-state index in [0.717, 1.165) is 18.7 Å². The Labute approximate surface area is 204 Å². The zero-order valence-electron chi connectivity index (χ0n) is 19.0. The second-order valence-electron chi connectivity index (χ2n) is 7.96. The van der Waals surface area contributed by atoms with Gasteiger partial charge in [-0.2, -0.15) is 18.3 Å². The maximum atomic E-state index is 14.6. The van der Waals surface area contributed by atoms with Gasteiger partial charge in [0, 0.05) is 18.0 Å². The first-order valence-electron chi connectivity index (χ1n) is 10.9. The van der Waals surface area contributed by atoms with Gasteiger partial charge in [0.2, 0.25) is 0 Å². The minimum atomic E-state index is -4.62. The van der Waals surface area contributed by atoms with Gasteiger partial charge in [-0.3, -0.25) is 0 Å². The minimum Gasteiger partial charge on any atom is -0.480 e. The van der Waals surface area contributed by atoms with Crippen molar-refractivity contribution in [3.63, 3.8) is 0 Å². The number of hydrogen-bond acceptors (Lipinski definition) is 6. The summed E-state index contributed by atoms with van der Waals surface area (Å²) in [6.07, 6.45) is -5.85. The lowest BCUT2D eigenvalue weighted by molar-refractivity contribution is -0.188. The Bertz CT molecular complexity index is 1220. The van der Waals surface area contributed by atoms with E-state index in [-0.39, 0.29) is 28.3 Å². The molecule has 0 radical (unpaired) electrons. The molecule has 0 fully saturated rings. The maximum absolute atomic E-state index is 14.6. The van der Waals surface area contributed by atoms with Crippen molar-refractivity contribution >= 4 is 33.9 Å². The van der Waals surface area contributed by atoms with E-state index in [0.29, 0.717) is 31.3 Å². The van der Waals surface area contributed by atoms with E-state index in [1.165, 1.54) is 12.1 Å². The number of amidine groups is 1. The van der Waals surface area contributed by atoms with Gasteiger partial charge in [-0.25, -0.2) is 14.4 Å². The fourth-order valence-corrected chi connectivity index (χ4v) is 3.85. The average molecular weight is 511 g/mol. The van der Waals surface area contributed by atoms with Gasteiger partial charge in [0.15, 0.2) is 11.9 Å². The van der Waals surface area contributed by atoms with Gasteiger partial charge in [0.25, 0.3) is 0 Å². The quantitative estimate of drug-likeness (QED) is 0.275. The highest BCUT2D eigenvalue weighted by molar-refractivity contribution is 6.35. The van der Waals surface area contributed by atoms with Crippen LogP contribution in [0.5, 0.6) is 5.75 Å². The Kier molecular flexibility index (Phi) is 7.32. The highest BCUT2D eigenvalue weighted by Gasteiger charge is 2.38. The number of aromatic nitrogens is 1. The van der Waals surface area contributed by atoms with Crippen LogP contribution in [0, 0.1) is 5.82 Å². The minimum absolute atomic E-state index is 0.0149. The second-order valence-corrected chi connectivity index (χ2v) is 8.31. The van der Waals surface area contributed by atoms with E-state index in [2.05, 4.69) is 10.1 Å². The number of halogens is 5. The van der Waals surface area contributed by atoms with Crippen LogP contribution in [0.3, 0.4) is 0 Å². The third-order valence-electron chi connectivity index (χ3n) is 5.53. The Morgan fingerprint density at radius 3 is 2.57 bits per heavy atom. The molecule has 1 unspecified atom stereocenters. The fourth-order valence-electron chi connectivity index (χ4n) is 3.60. The summed E-state index contributed by atoms with van der Waals surface area (Å²) in [5, 5.41) is 5.92. The number of ether oxygens (including phenoxy) is 2. The molecule has 2 aromatic carbocycles. The van der Waals surface area contributed by atoms with Crippen LogP contribution in [0.15, 0.2) is 53.8 Å². The number of nitrogens with zero attached hydrogens (tertiary/aromatic N) is 4. The normalized spacial score (nSPS) is 15.0. The average Bonchev–Trinajstić information content (AvgIpc) is 3.24. The highest BCUT2D eigenvalue weighted by Crippen LogP contribution is 2.39. The summed E-state index contributed by atoms with van der Waals surface area (Å²) in [5.41, 5.74) is 1.36. The van der Waals surface area contributed by atoms with E-state index in [1.54, 1.807) is 5.01 Å². The molecule has 3 aromatic rings. The number of rotatable bonds is 8. The number of hydrogen-bond donors (Lipinski definition) is 0. The molecule has 4 rings (SSSR count). The second kappa shape index (κ2) is 10.2. The number of fused-ring (bicyclic) bond motifs is 1. The topological polar surface area (TPSA) is 50.2 Å². The lowest BCUT2D eigenvalue weighted by Crippen LogP contribution is -2.33. The maximum Gasteiger partial charge on any atom is 0.425 e. The summed E-state index contributed by atoms with van der Waals surface area (Å²) in [7, 11) is 0. The van der Waals surface area contributed by atoms with E-state index < -0.39 is 18.1 Å². The molecule has 0 spiro atoms. The summed E-state index contributed by atoms with van der Waals surface area (Å²) in [6.45, 7) is 4.37. The summed E-state index contributed by atoms with van der Waals surface area (Å²) < 4.78 is 65.3. The summed E-state index contributed by atoms with van der Waals surface area (Å²) in [5.74, 6) is -0.327. The van der Waals surface area contributed by atoms with Crippen LogP contribution < -0.4 is 9.75 Å². The molecule has 0 aliphatic carbocycles. The molecule has 1 atom stereocenters. The van der Waals surface area contributed by atoms with Gasteiger partial charge in [-0.15, -0.1) is 0 Å². The lowest BCUT2D eigenvalue weighted by Gasteiger charge is -2.23. The molecule has 35 heavy (non-hydrogen) atoms. The molecule has 2 heterocycles. The molecule has 0 bridgehead atoms. The van der Waals surface area contributed by atoms with E-state index in [9.17, 15) is 17.6 Å². The molecule has 11 heteroatoms. The first-order chi connectivity index (χ1) is 16.7. The molecule has 1 aromatic heterocycles. The largest absolute Gasteiger partial charge is 0.480 e. The number of anilines is 1. The van der Waals surface area contributed by atoms with Crippen molar-refractivity contribution in [1.29, 1.82) is 0 Å². The van der Waals surface area contributed by atoms with Crippen molar-refractivity contribution in [3.8, 4) is 5.75 Å². The molecular weight excluding hydrogens is 488 g/mol. The number of pyridine rings is 1. The van der Waals surface area contributed by atoms with Gasteiger partial charge in [0.1, 0.15) is 30.0 Å². The zero-order chi connectivity index (χ0) is 25.2. The van der Waals surface area contributed by atoms with Crippen molar-refractivity contribution in [3.05, 3.63) is 65.2 Å². The van der Waals surface area contributed by atoms with Gasteiger partial charge < -0.3 is 14.4 Å². The summed E-state index contributed by atoms with van der Waals surface area (Å²) in [6, 6.07) is 12.5. The molecule has 1 aliphatic rings. The van der Waals surface area contributed by atoms with E-state index >= 15 is 0 Å². The molecular formula is C24H23ClF4N4O2. The predicted octanol–water partition coefficient (Wildman–Crippen LogP) is 5.99. The first-order valence-corrected chi connectivity index (χ1v) is 11.3. The fraction of sp³-hybridized carbons (Fsp3) is 0.333. The summed E-state index contributed by atoms with van der Waals surface area (Å²) >= 11 is 6.12. The summed E-state index contributed by atoms with van der Waals surface area (Å²) in [4.78, 5) is 5.67. The molecule has 0 saturated heterocycles. The molecule has 0 saturated carbocycles. The van der Waals surface area contributed by atoms with Crippen molar-refractivity contribution < 1.29 is 27.0 Å².